The molecule has 0 spiro atoms. The molecule has 6 nitrogen and oxygen atoms in total. The molecule has 1 fully saturated rings. The Labute approximate surface area is 205 Å². The Morgan fingerprint density at radius 2 is 1.83 bits per heavy atom. The van der Waals surface area contributed by atoms with E-state index in [0.29, 0.717) is 11.8 Å². The smallest absolute Gasteiger partial charge is 0.208 e. The van der Waals surface area contributed by atoms with E-state index in [1.165, 1.54) is 18.4 Å². The number of allylic oxidation sites excluding steroid dienone is 1. The number of benzene rings is 1. The number of pyridine rings is 1. The highest BCUT2D eigenvalue weighted by Gasteiger charge is 2.26. The van der Waals surface area contributed by atoms with Crippen LogP contribution in [0, 0.1) is 17.7 Å². The Hall–Kier alpha value is -2.84. The van der Waals surface area contributed by atoms with Crippen LogP contribution < -0.4 is 4.72 Å². The molecule has 0 saturated heterocycles. The normalized spacial score (nSPS) is 23.2. The lowest BCUT2D eigenvalue weighted by molar-refractivity contribution is 0.288. The number of nitrogens with zero attached hydrogens (tertiary/aromatic N) is 2. The van der Waals surface area contributed by atoms with Crippen molar-refractivity contribution in [1.29, 1.82) is 0 Å². The van der Waals surface area contributed by atoms with Crippen LogP contribution in [-0.2, 0) is 10.0 Å². The summed E-state index contributed by atoms with van der Waals surface area (Å²) in [6.07, 6.45) is 13.9. The van der Waals surface area contributed by atoms with Crippen LogP contribution in [0.2, 0.25) is 0 Å². The van der Waals surface area contributed by atoms with Crippen molar-refractivity contribution in [2.45, 2.75) is 51.0 Å². The summed E-state index contributed by atoms with van der Waals surface area (Å²) in [5, 5.41) is 1.06. The van der Waals surface area contributed by atoms with Crippen LogP contribution in [-0.4, -0.2) is 36.9 Å². The van der Waals surface area contributed by atoms with E-state index in [9.17, 15) is 12.8 Å². The predicted molar refractivity (Wildman–Crippen MR) is 139 cm³/mol. The molecule has 0 bridgehead atoms. The average molecular weight is 495 g/mol. The fraction of sp³-hybridized carbons (Fsp3) is 0.407. The number of nitrogens with one attached hydrogen (secondary N) is 2. The van der Waals surface area contributed by atoms with Crippen LogP contribution in [0.15, 0.2) is 53.8 Å². The van der Waals surface area contributed by atoms with E-state index < -0.39 is 10.0 Å². The largest absolute Gasteiger partial charge is 0.346 e. The first-order valence-electron chi connectivity index (χ1n) is 12.3. The van der Waals surface area contributed by atoms with Crippen LogP contribution in [0.5, 0.6) is 0 Å². The van der Waals surface area contributed by atoms with E-state index in [1.54, 1.807) is 12.1 Å². The first-order chi connectivity index (χ1) is 16.9. The Kier molecular flexibility index (Phi) is 6.84. The molecule has 1 unspecified atom stereocenters. The van der Waals surface area contributed by atoms with Crippen LogP contribution in [0.4, 0.5) is 4.39 Å². The summed E-state index contributed by atoms with van der Waals surface area (Å²) in [6, 6.07) is 10.7. The minimum atomic E-state index is -3.15. The zero-order chi connectivity index (χ0) is 24.4. The third kappa shape index (κ3) is 5.70. The van der Waals surface area contributed by atoms with Gasteiger partial charge in [0, 0.05) is 35.6 Å². The molecule has 0 radical (unpaired) electrons. The molecule has 1 saturated carbocycles. The van der Waals surface area contributed by atoms with Gasteiger partial charge in [-0.05, 0) is 104 Å². The number of H-pyrrole nitrogens is 1. The number of hydrogen-bond acceptors (Lipinski definition) is 4. The number of sulfonamides is 1. The van der Waals surface area contributed by atoms with E-state index in [0.717, 1.165) is 78.4 Å². The lowest BCUT2D eigenvalue weighted by Crippen LogP contribution is -2.36. The minimum Gasteiger partial charge on any atom is -0.346 e. The molecule has 8 heteroatoms. The summed E-state index contributed by atoms with van der Waals surface area (Å²) in [5.74, 6) is 0.680. The predicted octanol–water partition coefficient (Wildman–Crippen LogP) is 5.55. The molecule has 35 heavy (non-hydrogen) atoms. The van der Waals surface area contributed by atoms with E-state index in [2.05, 4.69) is 20.9 Å². The van der Waals surface area contributed by atoms with Gasteiger partial charge in [-0.15, -0.1) is 0 Å². The van der Waals surface area contributed by atoms with Gasteiger partial charge in [-0.3, -0.25) is 4.99 Å². The number of aromatic nitrogens is 2. The highest BCUT2D eigenvalue weighted by molar-refractivity contribution is 7.88. The van der Waals surface area contributed by atoms with Crippen LogP contribution in [0.3, 0.4) is 0 Å². The van der Waals surface area contributed by atoms with E-state index in [4.69, 9.17) is 4.99 Å². The van der Waals surface area contributed by atoms with Gasteiger partial charge >= 0.3 is 0 Å². The lowest BCUT2D eigenvalue weighted by atomic mass is 9.80. The van der Waals surface area contributed by atoms with Crippen molar-refractivity contribution in [2.75, 3.05) is 6.26 Å². The second-order valence-corrected chi connectivity index (χ2v) is 11.6. The molecule has 0 amide bonds. The molecule has 1 aromatic carbocycles. The second-order valence-electron chi connectivity index (χ2n) is 9.86. The molecule has 2 N–H and O–H groups in total. The summed E-state index contributed by atoms with van der Waals surface area (Å²) < 4.78 is 39.4. The summed E-state index contributed by atoms with van der Waals surface area (Å²) >= 11 is 0. The van der Waals surface area contributed by atoms with E-state index in [-0.39, 0.29) is 11.9 Å². The molecule has 2 aromatic heterocycles. The van der Waals surface area contributed by atoms with Gasteiger partial charge in [0.25, 0.3) is 0 Å². The molecule has 3 aromatic rings. The summed E-state index contributed by atoms with van der Waals surface area (Å²) in [5.41, 5.74) is 4.93. The first kappa shape index (κ1) is 23.9. The number of aliphatic imine (C=N–C) groups is 1. The van der Waals surface area contributed by atoms with Gasteiger partial charge in [0.15, 0.2) is 0 Å². The summed E-state index contributed by atoms with van der Waals surface area (Å²) in [6.45, 7) is 0. The number of fused-ring (bicyclic) bond motifs is 1. The van der Waals surface area contributed by atoms with Gasteiger partial charge in [-0.1, -0.05) is 0 Å². The zero-order valence-electron chi connectivity index (χ0n) is 19.9. The Balaban J connectivity index is 1.32. The Bertz CT molecular complexity index is 1350. The molecule has 184 valence electrons. The van der Waals surface area contributed by atoms with Crippen molar-refractivity contribution >= 4 is 38.5 Å². The van der Waals surface area contributed by atoms with Crippen LogP contribution in [0.25, 0.3) is 22.3 Å². The van der Waals surface area contributed by atoms with Gasteiger partial charge in [0.05, 0.1) is 12.0 Å². The van der Waals surface area contributed by atoms with Gasteiger partial charge < -0.3 is 4.98 Å². The number of aromatic amines is 1. The van der Waals surface area contributed by atoms with Crippen molar-refractivity contribution in [3.63, 3.8) is 0 Å². The molecule has 1 aliphatic carbocycles. The highest BCUT2D eigenvalue weighted by atomic mass is 32.2. The van der Waals surface area contributed by atoms with Gasteiger partial charge in [0.1, 0.15) is 11.5 Å². The maximum Gasteiger partial charge on any atom is 0.208 e. The monoisotopic (exact) mass is 494 g/mol. The molecular formula is C27H31FN4O2S. The van der Waals surface area contributed by atoms with Gasteiger partial charge in [-0.25, -0.2) is 22.5 Å². The van der Waals surface area contributed by atoms with E-state index >= 15 is 0 Å². The van der Waals surface area contributed by atoms with Gasteiger partial charge in [-0.2, -0.15) is 0 Å². The fourth-order valence-corrected chi connectivity index (χ4v) is 6.33. The van der Waals surface area contributed by atoms with Crippen molar-refractivity contribution in [3.05, 3.63) is 65.7 Å². The number of rotatable bonds is 7. The van der Waals surface area contributed by atoms with Crippen molar-refractivity contribution < 1.29 is 12.8 Å². The van der Waals surface area contributed by atoms with Crippen molar-refractivity contribution in [1.82, 2.24) is 14.7 Å². The third-order valence-corrected chi connectivity index (χ3v) is 8.00. The first-order valence-corrected chi connectivity index (χ1v) is 14.2. The number of hydrogen-bond donors (Lipinski definition) is 2. The standard InChI is InChI=1S/C27H31FN4O2S/c1-35(33,34)32-22-10-4-18(5-11-22)2-3-19-16-25(23-12-14-29-27-24(23)13-15-30-27)26(31-17-19)20-6-8-21(28)9-7-20/h6-9,12-15,17-19,22,32H,2-5,10-11,16H2,1H3,(H,29,30). The molecule has 2 aliphatic rings. The Morgan fingerprint density at radius 3 is 2.57 bits per heavy atom. The maximum absolute atomic E-state index is 13.6. The molecule has 1 atom stereocenters. The second kappa shape index (κ2) is 10.0. The topological polar surface area (TPSA) is 87.2 Å². The summed E-state index contributed by atoms with van der Waals surface area (Å²) in [7, 11) is -3.15. The van der Waals surface area contributed by atoms with Gasteiger partial charge in [0.2, 0.25) is 10.0 Å². The SMILES string of the molecule is CS(=O)(=O)NC1CCC(CCC2C=NC(c3ccc(F)cc3)=C(c3ccnc4[nH]ccc34)C2)CC1. The van der Waals surface area contributed by atoms with Crippen molar-refractivity contribution in [3.8, 4) is 0 Å². The maximum atomic E-state index is 13.6. The zero-order valence-corrected chi connectivity index (χ0v) is 20.7. The quantitative estimate of drug-likeness (QED) is 0.451. The molecule has 3 heterocycles. The van der Waals surface area contributed by atoms with Crippen LogP contribution in [0.1, 0.15) is 56.1 Å². The highest BCUT2D eigenvalue weighted by Crippen LogP contribution is 2.40. The fourth-order valence-electron chi connectivity index (χ4n) is 5.49. The lowest BCUT2D eigenvalue weighted by Gasteiger charge is -2.30. The number of halogens is 1. The summed E-state index contributed by atoms with van der Waals surface area (Å²) in [4.78, 5) is 12.5. The van der Waals surface area contributed by atoms with Crippen LogP contribution >= 0.6 is 0 Å². The minimum absolute atomic E-state index is 0.0701. The average Bonchev–Trinajstić information content (AvgIpc) is 3.32. The molecular weight excluding hydrogens is 463 g/mol. The Morgan fingerprint density at radius 1 is 1.06 bits per heavy atom. The molecule has 5 rings (SSSR count). The third-order valence-electron chi connectivity index (χ3n) is 7.24. The van der Waals surface area contributed by atoms with E-state index in [1.807, 2.05) is 24.5 Å². The van der Waals surface area contributed by atoms with Crippen molar-refractivity contribution in [2.24, 2.45) is 16.8 Å². The molecule has 1 aliphatic heterocycles.